The predicted octanol–water partition coefficient (Wildman–Crippen LogP) is 2.52. The van der Waals surface area contributed by atoms with Gasteiger partial charge in [0.15, 0.2) is 5.54 Å². The molecule has 1 atom stereocenters. The molecule has 0 fully saturated rings. The van der Waals surface area contributed by atoms with Gasteiger partial charge in [0.2, 0.25) is 0 Å². The fourth-order valence-electron chi connectivity index (χ4n) is 3.06. The largest absolute Gasteiger partial charge is 0.415 e. The van der Waals surface area contributed by atoms with Crippen molar-refractivity contribution in [3.63, 3.8) is 0 Å². The molecule has 7 heteroatoms. The Kier molecular flexibility index (Phi) is 3.74. The predicted molar refractivity (Wildman–Crippen MR) is 81.6 cm³/mol. The van der Waals surface area contributed by atoms with Crippen molar-refractivity contribution in [1.29, 1.82) is 0 Å². The van der Waals surface area contributed by atoms with Crippen LogP contribution in [0.3, 0.4) is 0 Å². The third-order valence-electron chi connectivity index (χ3n) is 4.42. The zero-order valence-corrected chi connectivity index (χ0v) is 12.9. The van der Waals surface area contributed by atoms with Gasteiger partial charge in [-0.1, -0.05) is 24.3 Å². The first-order chi connectivity index (χ1) is 11.2. The molecule has 1 aromatic heterocycles. The summed E-state index contributed by atoms with van der Waals surface area (Å²) >= 11 is 0. The molecule has 1 aliphatic carbocycles. The maximum absolute atomic E-state index is 13.8. The summed E-state index contributed by atoms with van der Waals surface area (Å²) in [5, 5.41) is 2.14. The fourth-order valence-corrected chi connectivity index (χ4v) is 3.06. The summed E-state index contributed by atoms with van der Waals surface area (Å²) in [4.78, 5) is 24.0. The van der Waals surface area contributed by atoms with Gasteiger partial charge in [0.1, 0.15) is 0 Å². The van der Waals surface area contributed by atoms with Crippen molar-refractivity contribution in [2.45, 2.75) is 24.6 Å². The first kappa shape index (κ1) is 16.3. The Labute approximate surface area is 135 Å². The average Bonchev–Trinajstić information content (AvgIpc) is 2.90. The van der Waals surface area contributed by atoms with E-state index in [1.807, 2.05) is 0 Å². The molecule has 0 bridgehead atoms. The van der Waals surface area contributed by atoms with E-state index in [9.17, 15) is 22.8 Å². The highest BCUT2D eigenvalue weighted by Gasteiger charge is 2.59. The van der Waals surface area contributed by atoms with Gasteiger partial charge < -0.3 is 9.88 Å². The SMILES string of the molecule is Cn1ccc(C(=O)N[C@]2(C(F)(F)F)CCc3ccccc32)cc1=O. The third kappa shape index (κ3) is 2.50. The van der Waals surface area contributed by atoms with E-state index in [1.165, 1.54) is 36.0 Å². The lowest BCUT2D eigenvalue weighted by atomic mass is 9.90. The first-order valence-corrected chi connectivity index (χ1v) is 7.39. The van der Waals surface area contributed by atoms with Gasteiger partial charge in [0.25, 0.3) is 11.5 Å². The summed E-state index contributed by atoms with van der Waals surface area (Å²) in [5.41, 5.74) is -2.35. The Bertz CT molecular complexity index is 857. The highest BCUT2D eigenvalue weighted by molar-refractivity contribution is 5.94. The number of aromatic nitrogens is 1. The number of pyridine rings is 1. The van der Waals surface area contributed by atoms with Crippen molar-refractivity contribution in [2.24, 2.45) is 7.05 Å². The van der Waals surface area contributed by atoms with Crippen LogP contribution in [0.15, 0.2) is 47.4 Å². The van der Waals surface area contributed by atoms with E-state index in [0.717, 1.165) is 6.07 Å². The van der Waals surface area contributed by atoms with Crippen LogP contribution in [0.5, 0.6) is 0 Å². The maximum Gasteiger partial charge on any atom is 0.415 e. The molecule has 0 aliphatic heterocycles. The Morgan fingerprint density at radius 2 is 1.96 bits per heavy atom. The number of carbonyl (C=O) groups is 1. The van der Waals surface area contributed by atoms with E-state index in [0.29, 0.717) is 5.56 Å². The van der Waals surface area contributed by atoms with Gasteiger partial charge in [0, 0.05) is 24.9 Å². The molecule has 1 amide bonds. The van der Waals surface area contributed by atoms with E-state index < -0.39 is 23.2 Å². The lowest BCUT2D eigenvalue weighted by Crippen LogP contribution is -2.54. The van der Waals surface area contributed by atoms with Gasteiger partial charge in [-0.25, -0.2) is 0 Å². The molecular weight excluding hydrogens is 321 g/mol. The summed E-state index contributed by atoms with van der Waals surface area (Å²) in [6, 6.07) is 8.57. The van der Waals surface area contributed by atoms with Crippen molar-refractivity contribution in [3.8, 4) is 0 Å². The summed E-state index contributed by atoms with van der Waals surface area (Å²) in [5.74, 6) is -0.915. The lowest BCUT2D eigenvalue weighted by molar-refractivity contribution is -0.197. The van der Waals surface area contributed by atoms with Crippen molar-refractivity contribution in [2.75, 3.05) is 0 Å². The van der Waals surface area contributed by atoms with Gasteiger partial charge in [0.05, 0.1) is 0 Å². The molecule has 1 heterocycles. The van der Waals surface area contributed by atoms with Gasteiger partial charge in [-0.15, -0.1) is 0 Å². The summed E-state index contributed by atoms with van der Waals surface area (Å²) in [6.07, 6.45) is -3.33. The molecular formula is C17H15F3N2O2. The van der Waals surface area contributed by atoms with Crippen LogP contribution in [0.4, 0.5) is 13.2 Å². The fraction of sp³-hybridized carbons (Fsp3) is 0.294. The van der Waals surface area contributed by atoms with E-state index >= 15 is 0 Å². The molecule has 0 saturated carbocycles. The minimum atomic E-state index is -4.64. The Morgan fingerprint density at radius 3 is 2.62 bits per heavy atom. The number of halogens is 3. The van der Waals surface area contributed by atoms with Crippen LogP contribution in [0.1, 0.15) is 27.9 Å². The highest BCUT2D eigenvalue weighted by Crippen LogP contribution is 2.48. The molecule has 0 saturated heterocycles. The number of nitrogens with zero attached hydrogens (tertiary/aromatic N) is 1. The van der Waals surface area contributed by atoms with Crippen LogP contribution in [0, 0.1) is 0 Å². The zero-order chi connectivity index (χ0) is 17.5. The van der Waals surface area contributed by atoms with Crippen molar-refractivity contribution in [3.05, 3.63) is 69.6 Å². The Balaban J connectivity index is 2.02. The third-order valence-corrected chi connectivity index (χ3v) is 4.42. The number of nitrogens with one attached hydrogen (secondary N) is 1. The number of carbonyl (C=O) groups excluding carboxylic acids is 1. The van der Waals surface area contributed by atoms with Crippen LogP contribution in [-0.2, 0) is 19.0 Å². The zero-order valence-electron chi connectivity index (χ0n) is 12.9. The van der Waals surface area contributed by atoms with Gasteiger partial charge in [-0.05, 0) is 30.0 Å². The number of hydrogen-bond donors (Lipinski definition) is 1. The number of benzene rings is 1. The number of aryl methyl sites for hydroxylation is 2. The summed E-state index contributed by atoms with van der Waals surface area (Å²) in [6.45, 7) is 0. The van der Waals surface area contributed by atoms with Crippen LogP contribution in [0.25, 0.3) is 0 Å². The van der Waals surface area contributed by atoms with Crippen LogP contribution in [0.2, 0.25) is 0 Å². The molecule has 126 valence electrons. The number of amides is 1. The molecule has 0 radical (unpaired) electrons. The smallest absolute Gasteiger partial charge is 0.334 e. The normalized spacial score (nSPS) is 19.8. The molecule has 4 nitrogen and oxygen atoms in total. The molecule has 24 heavy (non-hydrogen) atoms. The second kappa shape index (κ2) is 5.51. The molecule has 1 aliphatic rings. The van der Waals surface area contributed by atoms with Crippen LogP contribution in [-0.4, -0.2) is 16.7 Å². The van der Waals surface area contributed by atoms with E-state index in [4.69, 9.17) is 0 Å². The standard InChI is InChI=1S/C17H15F3N2O2/c1-22-9-7-12(10-14(22)23)15(24)21-16(17(18,19)20)8-6-11-4-2-3-5-13(11)16/h2-5,7,9-10H,6,8H2,1H3,(H,21,24)/t16-/m1/s1. The molecule has 0 spiro atoms. The van der Waals surface area contributed by atoms with Gasteiger partial charge >= 0.3 is 6.18 Å². The minimum Gasteiger partial charge on any atom is -0.334 e. The molecule has 2 aromatic rings. The lowest BCUT2D eigenvalue weighted by Gasteiger charge is -2.33. The van der Waals surface area contributed by atoms with Crippen LogP contribution < -0.4 is 10.9 Å². The topological polar surface area (TPSA) is 51.1 Å². The molecule has 3 rings (SSSR count). The maximum atomic E-state index is 13.8. The minimum absolute atomic E-state index is 0.0645. The van der Waals surface area contributed by atoms with E-state index in [1.54, 1.807) is 12.1 Å². The Hall–Kier alpha value is -2.57. The van der Waals surface area contributed by atoms with Crippen LogP contribution >= 0.6 is 0 Å². The second-order valence-corrected chi connectivity index (χ2v) is 5.88. The quantitative estimate of drug-likeness (QED) is 0.916. The highest BCUT2D eigenvalue weighted by atomic mass is 19.4. The monoisotopic (exact) mass is 336 g/mol. The molecule has 1 aromatic carbocycles. The number of rotatable bonds is 2. The van der Waals surface area contributed by atoms with Gasteiger partial charge in [-0.3, -0.25) is 9.59 Å². The average molecular weight is 336 g/mol. The number of hydrogen-bond acceptors (Lipinski definition) is 2. The number of fused-ring (bicyclic) bond motifs is 1. The first-order valence-electron chi connectivity index (χ1n) is 7.39. The van der Waals surface area contributed by atoms with E-state index in [2.05, 4.69) is 5.32 Å². The second-order valence-electron chi connectivity index (χ2n) is 5.88. The van der Waals surface area contributed by atoms with Crippen molar-refractivity contribution < 1.29 is 18.0 Å². The molecule has 1 N–H and O–H groups in total. The molecule has 0 unspecified atom stereocenters. The van der Waals surface area contributed by atoms with E-state index in [-0.39, 0.29) is 24.0 Å². The summed E-state index contributed by atoms with van der Waals surface area (Å²) < 4.78 is 42.7. The van der Waals surface area contributed by atoms with Crippen molar-refractivity contribution in [1.82, 2.24) is 9.88 Å². The number of alkyl halides is 3. The van der Waals surface area contributed by atoms with Gasteiger partial charge in [-0.2, -0.15) is 13.2 Å². The Morgan fingerprint density at radius 1 is 1.25 bits per heavy atom. The summed E-state index contributed by atoms with van der Waals surface area (Å²) in [7, 11) is 1.49. The van der Waals surface area contributed by atoms with Crippen molar-refractivity contribution >= 4 is 5.91 Å².